The highest BCUT2D eigenvalue weighted by molar-refractivity contribution is 5.83. The third kappa shape index (κ3) is 1.43. The maximum atomic E-state index is 11.1. The minimum absolute atomic E-state index is 0.0578. The van der Waals surface area contributed by atoms with Gasteiger partial charge in [0.1, 0.15) is 6.10 Å². The van der Waals surface area contributed by atoms with Crippen LogP contribution in [0.25, 0.3) is 0 Å². The Morgan fingerprint density at radius 2 is 2.55 bits per heavy atom. The van der Waals surface area contributed by atoms with Crippen LogP contribution in [-0.4, -0.2) is 35.1 Å². The summed E-state index contributed by atoms with van der Waals surface area (Å²) in [5.74, 6) is -0.111. The Morgan fingerprint density at radius 3 is 2.91 bits per heavy atom. The molecule has 0 aromatic heterocycles. The van der Waals surface area contributed by atoms with Gasteiger partial charge in [-0.3, -0.25) is 4.79 Å². The van der Waals surface area contributed by atoms with Crippen LogP contribution in [0.5, 0.6) is 0 Å². The lowest BCUT2D eigenvalue weighted by molar-refractivity contribution is -0.134. The summed E-state index contributed by atoms with van der Waals surface area (Å²) in [6.07, 6.45) is 0.873. The summed E-state index contributed by atoms with van der Waals surface area (Å²) in [5, 5.41) is 9.24. The van der Waals surface area contributed by atoms with Crippen molar-refractivity contribution in [1.29, 1.82) is 0 Å². The Labute approximate surface area is 66.3 Å². The van der Waals surface area contributed by atoms with Crippen LogP contribution in [0.3, 0.4) is 0 Å². The number of hydrogen-bond acceptors (Lipinski definition) is 2. The first-order chi connectivity index (χ1) is 5.16. The zero-order chi connectivity index (χ0) is 8.43. The molecule has 0 aromatic rings. The molecule has 0 spiro atoms. The zero-order valence-corrected chi connectivity index (χ0v) is 6.66. The average molecular weight is 155 g/mol. The summed E-state index contributed by atoms with van der Waals surface area (Å²) in [7, 11) is 0. The number of likely N-dealkylation sites (tertiary alicyclic amines) is 1. The lowest BCUT2D eigenvalue weighted by Crippen LogP contribution is -2.29. The van der Waals surface area contributed by atoms with Gasteiger partial charge in [0, 0.05) is 19.0 Å². The first-order valence-electron chi connectivity index (χ1n) is 3.74. The number of aliphatic hydroxyl groups excluding tert-OH is 1. The Bertz CT molecular complexity index is 179. The van der Waals surface area contributed by atoms with Gasteiger partial charge in [-0.2, -0.15) is 0 Å². The van der Waals surface area contributed by atoms with E-state index in [9.17, 15) is 9.90 Å². The topological polar surface area (TPSA) is 40.5 Å². The molecule has 1 N–H and O–H groups in total. The molecule has 11 heavy (non-hydrogen) atoms. The van der Waals surface area contributed by atoms with Crippen LogP contribution in [-0.2, 0) is 4.79 Å². The van der Waals surface area contributed by atoms with E-state index in [2.05, 4.69) is 6.58 Å². The smallest absolute Gasteiger partial charge is 0.252 e. The van der Waals surface area contributed by atoms with Crippen LogP contribution in [0.2, 0.25) is 0 Å². The van der Waals surface area contributed by atoms with E-state index in [-0.39, 0.29) is 11.8 Å². The fourth-order valence-electron chi connectivity index (χ4n) is 1.29. The van der Waals surface area contributed by atoms with Crippen molar-refractivity contribution in [3.63, 3.8) is 0 Å². The summed E-state index contributed by atoms with van der Waals surface area (Å²) >= 11 is 0. The fraction of sp³-hybridized carbons (Fsp3) is 0.625. The average Bonchev–Trinajstić information content (AvgIpc) is 2.19. The molecule has 3 nitrogen and oxygen atoms in total. The summed E-state index contributed by atoms with van der Waals surface area (Å²) in [5.41, 5.74) is 0. The molecule has 62 valence electrons. The predicted octanol–water partition coefficient (Wildman–Crippen LogP) is 0.0116. The van der Waals surface area contributed by atoms with Gasteiger partial charge in [0.05, 0.1) is 0 Å². The molecule has 1 rings (SSSR count). The van der Waals surface area contributed by atoms with E-state index in [0.29, 0.717) is 13.1 Å². The minimum atomic E-state index is -0.796. The van der Waals surface area contributed by atoms with Crippen LogP contribution in [0.15, 0.2) is 12.7 Å². The first kappa shape index (κ1) is 8.27. The minimum Gasteiger partial charge on any atom is -0.383 e. The molecule has 0 unspecified atom stereocenters. The van der Waals surface area contributed by atoms with Crippen LogP contribution < -0.4 is 0 Å². The van der Waals surface area contributed by atoms with Gasteiger partial charge in [-0.25, -0.2) is 0 Å². The molecule has 1 aliphatic rings. The molecule has 1 amide bonds. The number of rotatable bonds is 2. The SMILES string of the molecule is C=CCN1C[C@@H](C)[C@H](O)C1=O. The van der Waals surface area contributed by atoms with Gasteiger partial charge in [0.15, 0.2) is 0 Å². The van der Waals surface area contributed by atoms with Crippen molar-refractivity contribution in [3.8, 4) is 0 Å². The molecular formula is C8H13NO2. The van der Waals surface area contributed by atoms with Crippen LogP contribution in [0, 0.1) is 5.92 Å². The Balaban J connectivity index is 2.59. The van der Waals surface area contributed by atoms with Crippen molar-refractivity contribution in [2.24, 2.45) is 5.92 Å². The van der Waals surface area contributed by atoms with Crippen molar-refractivity contribution >= 4 is 5.91 Å². The van der Waals surface area contributed by atoms with Gasteiger partial charge in [-0.05, 0) is 0 Å². The zero-order valence-electron chi connectivity index (χ0n) is 6.66. The van der Waals surface area contributed by atoms with Gasteiger partial charge in [-0.15, -0.1) is 6.58 Å². The molecule has 0 radical (unpaired) electrons. The molecule has 1 saturated heterocycles. The Hall–Kier alpha value is -0.830. The third-order valence-corrected chi connectivity index (χ3v) is 1.96. The molecule has 1 aliphatic heterocycles. The maximum Gasteiger partial charge on any atom is 0.252 e. The van der Waals surface area contributed by atoms with E-state index in [1.165, 1.54) is 0 Å². The predicted molar refractivity (Wildman–Crippen MR) is 41.9 cm³/mol. The van der Waals surface area contributed by atoms with Gasteiger partial charge in [-0.1, -0.05) is 13.0 Å². The number of amides is 1. The van der Waals surface area contributed by atoms with E-state index in [0.717, 1.165) is 0 Å². The van der Waals surface area contributed by atoms with Crippen molar-refractivity contribution in [2.75, 3.05) is 13.1 Å². The van der Waals surface area contributed by atoms with Gasteiger partial charge >= 0.3 is 0 Å². The van der Waals surface area contributed by atoms with Crippen LogP contribution in [0.1, 0.15) is 6.92 Å². The van der Waals surface area contributed by atoms with Crippen molar-refractivity contribution < 1.29 is 9.90 Å². The van der Waals surface area contributed by atoms with E-state index in [1.54, 1.807) is 11.0 Å². The van der Waals surface area contributed by atoms with Gasteiger partial charge in [0.25, 0.3) is 5.91 Å². The van der Waals surface area contributed by atoms with Crippen molar-refractivity contribution in [1.82, 2.24) is 4.90 Å². The number of carbonyl (C=O) groups excluding carboxylic acids is 1. The third-order valence-electron chi connectivity index (χ3n) is 1.96. The van der Waals surface area contributed by atoms with Crippen LogP contribution in [0.4, 0.5) is 0 Å². The second-order valence-electron chi connectivity index (χ2n) is 2.95. The molecular weight excluding hydrogens is 142 g/mol. The highest BCUT2D eigenvalue weighted by atomic mass is 16.3. The normalized spacial score (nSPS) is 31.1. The molecule has 0 aromatic carbocycles. The number of aliphatic hydroxyl groups is 1. The second-order valence-corrected chi connectivity index (χ2v) is 2.95. The lowest BCUT2D eigenvalue weighted by atomic mass is 10.1. The number of hydrogen-bond donors (Lipinski definition) is 1. The summed E-state index contributed by atoms with van der Waals surface area (Å²) in [6.45, 7) is 6.59. The second kappa shape index (κ2) is 3.05. The maximum absolute atomic E-state index is 11.1. The van der Waals surface area contributed by atoms with Gasteiger partial charge < -0.3 is 10.0 Å². The first-order valence-corrected chi connectivity index (χ1v) is 3.74. The summed E-state index contributed by atoms with van der Waals surface area (Å²) in [4.78, 5) is 12.7. The quantitative estimate of drug-likeness (QED) is 0.571. The molecule has 3 heteroatoms. The van der Waals surface area contributed by atoms with Crippen molar-refractivity contribution in [3.05, 3.63) is 12.7 Å². The summed E-state index contributed by atoms with van der Waals surface area (Å²) < 4.78 is 0. The standard InChI is InChI=1S/C8H13NO2/c1-3-4-9-5-6(2)7(10)8(9)11/h3,6-7,10H,1,4-5H2,2H3/t6-,7+/m1/s1. The molecule has 1 heterocycles. The van der Waals surface area contributed by atoms with Gasteiger partial charge in [0.2, 0.25) is 0 Å². The number of carbonyl (C=O) groups is 1. The lowest BCUT2D eigenvalue weighted by Gasteiger charge is -2.11. The highest BCUT2D eigenvalue weighted by Gasteiger charge is 2.35. The fourth-order valence-corrected chi connectivity index (χ4v) is 1.29. The molecule has 0 aliphatic carbocycles. The Kier molecular flexibility index (Phi) is 2.29. The molecule has 0 saturated carbocycles. The van der Waals surface area contributed by atoms with E-state index in [1.807, 2.05) is 6.92 Å². The van der Waals surface area contributed by atoms with E-state index < -0.39 is 6.10 Å². The largest absolute Gasteiger partial charge is 0.383 e. The van der Waals surface area contributed by atoms with E-state index >= 15 is 0 Å². The Morgan fingerprint density at radius 1 is 1.91 bits per heavy atom. The van der Waals surface area contributed by atoms with E-state index in [4.69, 9.17) is 0 Å². The summed E-state index contributed by atoms with van der Waals surface area (Å²) in [6, 6.07) is 0. The highest BCUT2D eigenvalue weighted by Crippen LogP contribution is 2.16. The molecule has 1 fully saturated rings. The van der Waals surface area contributed by atoms with Crippen LogP contribution >= 0.6 is 0 Å². The monoisotopic (exact) mass is 155 g/mol. The van der Waals surface area contributed by atoms with Crippen molar-refractivity contribution in [2.45, 2.75) is 13.0 Å². The molecule has 0 bridgehead atoms. The molecule has 2 atom stereocenters. The number of nitrogens with zero attached hydrogens (tertiary/aromatic N) is 1.